The molecule has 134 valence electrons. The molecule has 7 heteroatoms. The van der Waals surface area contributed by atoms with Gasteiger partial charge in [-0.1, -0.05) is 30.3 Å². The number of hydrogen-bond donors (Lipinski definition) is 1. The van der Waals surface area contributed by atoms with Crippen LogP contribution in [0.1, 0.15) is 27.4 Å². The van der Waals surface area contributed by atoms with Gasteiger partial charge in [0.05, 0.1) is 23.4 Å². The predicted molar refractivity (Wildman–Crippen MR) is 101 cm³/mol. The van der Waals surface area contributed by atoms with E-state index in [2.05, 4.69) is 44.6 Å². The fourth-order valence-corrected chi connectivity index (χ4v) is 3.76. The van der Waals surface area contributed by atoms with Crippen LogP contribution in [-0.2, 0) is 26.1 Å². The summed E-state index contributed by atoms with van der Waals surface area (Å²) in [4.78, 5) is 19.0. The van der Waals surface area contributed by atoms with Crippen LogP contribution in [-0.4, -0.2) is 38.7 Å². The standard InChI is InChI=1S/C19H21N5OS/c25-19(20-7-6-16-13-26-14-21-16)18-10-17-12-23(8-9-24(17)22-18)11-15-4-2-1-3-5-15/h1-5,10,13-14H,6-9,11-12H2,(H,20,25). The van der Waals surface area contributed by atoms with E-state index in [1.54, 1.807) is 11.3 Å². The summed E-state index contributed by atoms with van der Waals surface area (Å²) in [5.74, 6) is -0.114. The van der Waals surface area contributed by atoms with Gasteiger partial charge in [0.15, 0.2) is 0 Å². The van der Waals surface area contributed by atoms with Crippen molar-refractivity contribution in [3.8, 4) is 0 Å². The Balaban J connectivity index is 1.34. The molecule has 0 spiro atoms. The third-order valence-corrected chi connectivity index (χ3v) is 5.14. The van der Waals surface area contributed by atoms with Gasteiger partial charge in [0, 0.05) is 38.0 Å². The molecule has 0 saturated heterocycles. The number of thiazole rings is 1. The highest BCUT2D eigenvalue weighted by Gasteiger charge is 2.20. The summed E-state index contributed by atoms with van der Waals surface area (Å²) in [5, 5.41) is 9.41. The Kier molecular flexibility index (Phi) is 5.08. The first-order valence-electron chi connectivity index (χ1n) is 8.76. The van der Waals surface area contributed by atoms with Crippen molar-refractivity contribution in [1.82, 2.24) is 25.0 Å². The Morgan fingerprint density at radius 2 is 2.12 bits per heavy atom. The summed E-state index contributed by atoms with van der Waals surface area (Å²) in [6.45, 7) is 4.06. The number of nitrogens with zero attached hydrogens (tertiary/aromatic N) is 4. The summed E-state index contributed by atoms with van der Waals surface area (Å²) in [6.07, 6.45) is 0.744. The fraction of sp³-hybridized carbons (Fsp3) is 0.316. The lowest BCUT2D eigenvalue weighted by atomic mass is 10.2. The Morgan fingerprint density at radius 1 is 1.23 bits per heavy atom. The molecule has 1 amide bonds. The third kappa shape index (κ3) is 4.00. The second-order valence-electron chi connectivity index (χ2n) is 6.43. The van der Waals surface area contributed by atoms with Crippen LogP contribution >= 0.6 is 11.3 Å². The maximum atomic E-state index is 12.3. The van der Waals surface area contributed by atoms with E-state index in [1.165, 1.54) is 5.56 Å². The fourth-order valence-electron chi connectivity index (χ4n) is 3.16. The number of fused-ring (bicyclic) bond motifs is 1. The number of benzene rings is 1. The van der Waals surface area contributed by atoms with Crippen LogP contribution in [0.4, 0.5) is 0 Å². The molecule has 0 saturated carbocycles. The van der Waals surface area contributed by atoms with Crippen molar-refractivity contribution in [2.75, 3.05) is 13.1 Å². The minimum atomic E-state index is -0.114. The summed E-state index contributed by atoms with van der Waals surface area (Å²) >= 11 is 1.57. The third-order valence-electron chi connectivity index (χ3n) is 4.51. The van der Waals surface area contributed by atoms with Crippen molar-refractivity contribution < 1.29 is 4.79 Å². The average Bonchev–Trinajstić information content (AvgIpc) is 3.31. The van der Waals surface area contributed by atoms with Crippen molar-refractivity contribution in [2.45, 2.75) is 26.1 Å². The van der Waals surface area contributed by atoms with Gasteiger partial charge in [-0.15, -0.1) is 11.3 Å². The lowest BCUT2D eigenvalue weighted by molar-refractivity contribution is 0.0948. The smallest absolute Gasteiger partial charge is 0.271 e. The quantitative estimate of drug-likeness (QED) is 0.726. The molecule has 1 aliphatic rings. The van der Waals surface area contributed by atoms with Crippen LogP contribution in [0.15, 0.2) is 47.3 Å². The molecule has 2 aromatic heterocycles. The summed E-state index contributed by atoms with van der Waals surface area (Å²) in [5.41, 5.74) is 5.72. The molecule has 3 aromatic rings. The van der Waals surface area contributed by atoms with E-state index in [-0.39, 0.29) is 5.91 Å². The molecule has 26 heavy (non-hydrogen) atoms. The van der Waals surface area contributed by atoms with Crippen LogP contribution < -0.4 is 5.32 Å². The van der Waals surface area contributed by atoms with E-state index < -0.39 is 0 Å². The van der Waals surface area contributed by atoms with E-state index in [9.17, 15) is 4.79 Å². The first-order chi connectivity index (χ1) is 12.8. The maximum Gasteiger partial charge on any atom is 0.271 e. The van der Waals surface area contributed by atoms with E-state index >= 15 is 0 Å². The minimum Gasteiger partial charge on any atom is -0.350 e. The van der Waals surface area contributed by atoms with Gasteiger partial charge in [0.25, 0.3) is 5.91 Å². The molecule has 0 radical (unpaired) electrons. The van der Waals surface area contributed by atoms with E-state index in [0.29, 0.717) is 12.2 Å². The van der Waals surface area contributed by atoms with Crippen molar-refractivity contribution in [3.05, 3.63) is 69.9 Å². The molecule has 0 aliphatic carbocycles. The monoisotopic (exact) mass is 367 g/mol. The van der Waals surface area contributed by atoms with Crippen molar-refractivity contribution in [1.29, 1.82) is 0 Å². The molecule has 0 fully saturated rings. The van der Waals surface area contributed by atoms with Gasteiger partial charge >= 0.3 is 0 Å². The van der Waals surface area contributed by atoms with Crippen LogP contribution in [0, 0.1) is 0 Å². The highest BCUT2D eigenvalue weighted by atomic mass is 32.1. The Morgan fingerprint density at radius 3 is 2.92 bits per heavy atom. The second-order valence-corrected chi connectivity index (χ2v) is 7.14. The van der Waals surface area contributed by atoms with Gasteiger partial charge in [0.2, 0.25) is 0 Å². The van der Waals surface area contributed by atoms with E-state index in [0.717, 1.165) is 44.0 Å². The lowest BCUT2D eigenvalue weighted by Crippen LogP contribution is -2.33. The topological polar surface area (TPSA) is 63.1 Å². The average molecular weight is 367 g/mol. The number of carbonyl (C=O) groups excluding carboxylic acids is 1. The first-order valence-corrected chi connectivity index (χ1v) is 9.70. The number of aromatic nitrogens is 3. The van der Waals surface area contributed by atoms with E-state index in [4.69, 9.17) is 0 Å². The number of hydrogen-bond acceptors (Lipinski definition) is 5. The highest BCUT2D eigenvalue weighted by Crippen LogP contribution is 2.16. The summed E-state index contributed by atoms with van der Waals surface area (Å²) in [7, 11) is 0. The molecule has 0 atom stereocenters. The predicted octanol–water partition coefficient (Wildman–Crippen LogP) is 2.33. The van der Waals surface area contributed by atoms with Crippen molar-refractivity contribution in [3.63, 3.8) is 0 Å². The van der Waals surface area contributed by atoms with Crippen molar-refractivity contribution >= 4 is 17.2 Å². The summed E-state index contributed by atoms with van der Waals surface area (Å²) in [6, 6.07) is 12.4. The van der Waals surface area contributed by atoms with Gasteiger partial charge in [-0.25, -0.2) is 4.98 Å². The van der Waals surface area contributed by atoms with Crippen LogP contribution in [0.5, 0.6) is 0 Å². The molecule has 6 nitrogen and oxygen atoms in total. The molecular formula is C19H21N5OS. The van der Waals surface area contributed by atoms with Gasteiger partial charge < -0.3 is 5.32 Å². The maximum absolute atomic E-state index is 12.3. The normalized spacial score (nSPS) is 14.2. The Labute approximate surface area is 156 Å². The largest absolute Gasteiger partial charge is 0.350 e. The molecule has 1 aromatic carbocycles. The zero-order valence-electron chi connectivity index (χ0n) is 14.5. The van der Waals surface area contributed by atoms with Crippen LogP contribution in [0.25, 0.3) is 0 Å². The molecule has 4 rings (SSSR count). The molecular weight excluding hydrogens is 346 g/mol. The molecule has 0 bridgehead atoms. The van der Waals surface area contributed by atoms with Crippen LogP contribution in [0.3, 0.4) is 0 Å². The number of rotatable bonds is 6. The minimum absolute atomic E-state index is 0.114. The summed E-state index contributed by atoms with van der Waals surface area (Å²) < 4.78 is 1.96. The van der Waals surface area contributed by atoms with Gasteiger partial charge in [-0.2, -0.15) is 5.10 Å². The Bertz CT molecular complexity index is 859. The second kappa shape index (κ2) is 7.80. The van der Waals surface area contributed by atoms with Crippen LogP contribution in [0.2, 0.25) is 0 Å². The Hall–Kier alpha value is -2.51. The van der Waals surface area contributed by atoms with Crippen molar-refractivity contribution in [2.24, 2.45) is 0 Å². The van der Waals surface area contributed by atoms with Gasteiger partial charge in [-0.05, 0) is 11.6 Å². The van der Waals surface area contributed by atoms with Gasteiger partial charge in [-0.3, -0.25) is 14.4 Å². The SMILES string of the molecule is O=C(NCCc1cscn1)c1cc2n(n1)CCN(Cc1ccccc1)C2. The van der Waals surface area contributed by atoms with E-state index in [1.807, 2.05) is 27.7 Å². The number of nitrogens with one attached hydrogen (secondary N) is 1. The molecule has 3 heterocycles. The number of amides is 1. The molecule has 0 unspecified atom stereocenters. The van der Waals surface area contributed by atoms with Gasteiger partial charge in [0.1, 0.15) is 5.69 Å². The zero-order chi connectivity index (χ0) is 17.8. The molecule has 1 aliphatic heterocycles. The lowest BCUT2D eigenvalue weighted by Gasteiger charge is -2.27. The number of carbonyl (C=O) groups is 1. The molecule has 1 N–H and O–H groups in total. The first kappa shape index (κ1) is 16.9. The highest BCUT2D eigenvalue weighted by molar-refractivity contribution is 7.07. The zero-order valence-corrected chi connectivity index (χ0v) is 15.3.